The smallest absolute Gasteiger partial charge is 0.328 e. The van der Waals surface area contributed by atoms with Gasteiger partial charge in [0.05, 0.1) is 24.2 Å². The second-order valence-electron chi connectivity index (χ2n) is 10.8. The number of nitrogens with zero attached hydrogens (tertiary/aromatic N) is 6. The number of imidazole rings is 1. The van der Waals surface area contributed by atoms with Crippen molar-refractivity contribution < 1.29 is 9.90 Å². The Hall–Kier alpha value is -4.08. The molecule has 0 spiro atoms. The van der Waals surface area contributed by atoms with Gasteiger partial charge in [0.15, 0.2) is 0 Å². The molecule has 0 amide bonds. The Morgan fingerprint density at radius 1 is 1.15 bits per heavy atom. The third-order valence-corrected chi connectivity index (χ3v) is 7.97. The Morgan fingerprint density at radius 2 is 1.95 bits per heavy atom. The molecule has 10 heteroatoms. The summed E-state index contributed by atoms with van der Waals surface area (Å²) in [4.78, 5) is 30.6. The molecule has 3 atom stereocenters. The van der Waals surface area contributed by atoms with Crippen LogP contribution in [-0.2, 0) is 17.8 Å². The molecule has 5 rings (SSSR count). The molecular formula is C29H35N7O3. The molecule has 1 aromatic carbocycles. The molecule has 0 bridgehead atoms. The van der Waals surface area contributed by atoms with Crippen LogP contribution >= 0.6 is 0 Å². The Labute approximate surface area is 227 Å². The fourth-order valence-corrected chi connectivity index (χ4v) is 5.93. The summed E-state index contributed by atoms with van der Waals surface area (Å²) in [6.07, 6.45) is 7.77. The van der Waals surface area contributed by atoms with E-state index in [-0.39, 0.29) is 23.6 Å². The van der Waals surface area contributed by atoms with Crippen LogP contribution in [0.15, 0.2) is 53.6 Å². The van der Waals surface area contributed by atoms with Gasteiger partial charge in [0.2, 0.25) is 5.82 Å². The minimum Gasteiger partial charge on any atom is -0.481 e. The quantitative estimate of drug-likeness (QED) is 0.307. The van der Waals surface area contributed by atoms with Gasteiger partial charge in [0.1, 0.15) is 0 Å². The van der Waals surface area contributed by atoms with Gasteiger partial charge in [-0.2, -0.15) is 5.21 Å². The molecule has 3 aromatic heterocycles. The standard InChI is InChI=1S/C29H35N7O3/c1-4-5-9-23-17-36(26-24(18(2)3)10-11-25(26)28(37)38)29(39)35(23)16-22-15-20(12-13-30-22)19-7-6-8-21(14-19)27-31-33-34-32-27/h6-8,12-15,17-18,24-26H,4-5,9-11,16H2,1-3H3,(H,37,38)(H,31,32,33,34). The first-order chi connectivity index (χ1) is 18.9. The molecule has 39 heavy (non-hydrogen) atoms. The number of H-pyrrole nitrogens is 1. The summed E-state index contributed by atoms with van der Waals surface area (Å²) in [5, 5.41) is 24.2. The number of aryl methyl sites for hydroxylation is 1. The molecule has 204 valence electrons. The minimum absolute atomic E-state index is 0.145. The third-order valence-electron chi connectivity index (χ3n) is 7.97. The highest BCUT2D eigenvalue weighted by molar-refractivity contribution is 5.71. The minimum atomic E-state index is -0.824. The second-order valence-corrected chi connectivity index (χ2v) is 10.8. The van der Waals surface area contributed by atoms with Gasteiger partial charge in [0, 0.05) is 23.7 Å². The number of carboxylic acid groups (broad SMARTS) is 1. The lowest BCUT2D eigenvalue weighted by Crippen LogP contribution is -2.35. The molecule has 0 saturated heterocycles. The van der Waals surface area contributed by atoms with E-state index in [1.54, 1.807) is 15.3 Å². The van der Waals surface area contributed by atoms with Crippen LogP contribution in [0, 0.1) is 17.8 Å². The van der Waals surface area contributed by atoms with Crippen molar-refractivity contribution in [2.75, 3.05) is 0 Å². The molecule has 0 radical (unpaired) electrons. The van der Waals surface area contributed by atoms with Crippen molar-refractivity contribution in [2.45, 2.75) is 65.5 Å². The Morgan fingerprint density at radius 3 is 2.67 bits per heavy atom. The third kappa shape index (κ3) is 5.41. The highest BCUT2D eigenvalue weighted by atomic mass is 16.4. The lowest BCUT2D eigenvalue weighted by atomic mass is 9.88. The van der Waals surface area contributed by atoms with Gasteiger partial charge in [-0.1, -0.05) is 45.4 Å². The van der Waals surface area contributed by atoms with E-state index in [2.05, 4.69) is 46.4 Å². The average molecular weight is 530 g/mol. The summed E-state index contributed by atoms with van der Waals surface area (Å²) < 4.78 is 3.51. The topological polar surface area (TPSA) is 132 Å². The van der Waals surface area contributed by atoms with Crippen molar-refractivity contribution in [2.24, 2.45) is 17.8 Å². The van der Waals surface area contributed by atoms with Crippen LogP contribution in [0.3, 0.4) is 0 Å². The molecule has 4 aromatic rings. The number of nitrogens with one attached hydrogen (secondary N) is 1. The molecule has 1 fully saturated rings. The van der Waals surface area contributed by atoms with Crippen molar-refractivity contribution in [3.8, 4) is 22.5 Å². The first-order valence-corrected chi connectivity index (χ1v) is 13.7. The maximum Gasteiger partial charge on any atom is 0.328 e. The number of carbonyl (C=O) groups is 1. The molecular weight excluding hydrogens is 494 g/mol. The maximum atomic E-state index is 13.9. The molecule has 1 saturated carbocycles. The number of rotatable bonds is 10. The van der Waals surface area contributed by atoms with E-state index >= 15 is 0 Å². The van der Waals surface area contributed by atoms with Crippen LogP contribution in [0.1, 0.15) is 63.9 Å². The maximum absolute atomic E-state index is 13.9. The monoisotopic (exact) mass is 529 g/mol. The van der Waals surface area contributed by atoms with Crippen LogP contribution in [-0.4, -0.2) is 45.8 Å². The van der Waals surface area contributed by atoms with E-state index in [1.165, 1.54) is 0 Å². The van der Waals surface area contributed by atoms with Crippen LogP contribution < -0.4 is 5.69 Å². The number of aliphatic carboxylic acids is 1. The first kappa shape index (κ1) is 26.5. The summed E-state index contributed by atoms with van der Waals surface area (Å²) in [5.41, 5.74) is 4.32. The van der Waals surface area contributed by atoms with Gasteiger partial charge in [-0.15, -0.1) is 10.2 Å². The Balaban J connectivity index is 1.50. The lowest BCUT2D eigenvalue weighted by Gasteiger charge is -2.26. The van der Waals surface area contributed by atoms with Gasteiger partial charge in [-0.25, -0.2) is 4.79 Å². The number of aromatic nitrogens is 7. The van der Waals surface area contributed by atoms with Crippen LogP contribution in [0.5, 0.6) is 0 Å². The normalized spacial score (nSPS) is 19.1. The van der Waals surface area contributed by atoms with E-state index in [1.807, 2.05) is 42.6 Å². The van der Waals surface area contributed by atoms with Gasteiger partial charge in [0.25, 0.3) is 0 Å². The highest BCUT2D eigenvalue weighted by Gasteiger charge is 2.43. The van der Waals surface area contributed by atoms with Gasteiger partial charge in [-0.3, -0.25) is 18.9 Å². The van der Waals surface area contributed by atoms with E-state index < -0.39 is 11.9 Å². The van der Waals surface area contributed by atoms with Crippen molar-refractivity contribution in [3.05, 3.63) is 70.7 Å². The van der Waals surface area contributed by atoms with Crippen LogP contribution in [0.2, 0.25) is 0 Å². The molecule has 3 unspecified atom stereocenters. The number of unbranched alkanes of at least 4 members (excludes halogenated alkanes) is 1. The van der Waals surface area contributed by atoms with Crippen molar-refractivity contribution >= 4 is 5.97 Å². The zero-order valence-corrected chi connectivity index (χ0v) is 22.6. The number of tetrazole rings is 1. The zero-order chi connectivity index (χ0) is 27.5. The summed E-state index contributed by atoms with van der Waals surface area (Å²) in [5.74, 6) is -0.430. The van der Waals surface area contributed by atoms with Gasteiger partial charge >= 0.3 is 11.7 Å². The lowest BCUT2D eigenvalue weighted by molar-refractivity contribution is -0.143. The summed E-state index contributed by atoms with van der Waals surface area (Å²) in [6, 6.07) is 11.5. The number of aromatic amines is 1. The Kier molecular flexibility index (Phi) is 7.72. The van der Waals surface area contributed by atoms with Crippen LogP contribution in [0.25, 0.3) is 22.5 Å². The molecule has 1 aliphatic rings. The SMILES string of the molecule is CCCCc1cn(C2C(C(=O)O)CCC2C(C)C)c(=O)n1Cc1cc(-c2cccc(-c3nn[nH]n3)c2)ccn1. The largest absolute Gasteiger partial charge is 0.481 e. The summed E-state index contributed by atoms with van der Waals surface area (Å²) in [7, 11) is 0. The summed E-state index contributed by atoms with van der Waals surface area (Å²) in [6.45, 7) is 6.68. The van der Waals surface area contributed by atoms with E-state index in [0.29, 0.717) is 18.8 Å². The highest BCUT2D eigenvalue weighted by Crippen LogP contribution is 2.44. The molecule has 3 heterocycles. The molecule has 1 aliphatic carbocycles. The number of benzene rings is 1. The number of hydrogen-bond acceptors (Lipinski definition) is 6. The van der Waals surface area contributed by atoms with E-state index in [0.717, 1.165) is 53.8 Å². The fraction of sp³-hybridized carbons (Fsp3) is 0.448. The van der Waals surface area contributed by atoms with Crippen molar-refractivity contribution in [1.29, 1.82) is 0 Å². The average Bonchev–Trinajstić information content (AvgIpc) is 3.68. The predicted octanol–water partition coefficient (Wildman–Crippen LogP) is 4.59. The van der Waals surface area contributed by atoms with E-state index in [4.69, 9.17) is 0 Å². The van der Waals surface area contributed by atoms with Gasteiger partial charge in [-0.05, 0) is 72.1 Å². The molecule has 2 N–H and O–H groups in total. The van der Waals surface area contributed by atoms with Gasteiger partial charge < -0.3 is 5.11 Å². The summed E-state index contributed by atoms with van der Waals surface area (Å²) >= 11 is 0. The zero-order valence-electron chi connectivity index (χ0n) is 22.6. The molecule has 0 aliphatic heterocycles. The van der Waals surface area contributed by atoms with Crippen molar-refractivity contribution in [1.82, 2.24) is 34.7 Å². The molecule has 10 nitrogen and oxygen atoms in total. The second kappa shape index (κ2) is 11.3. The van der Waals surface area contributed by atoms with Crippen LogP contribution in [0.4, 0.5) is 0 Å². The van der Waals surface area contributed by atoms with Crippen molar-refractivity contribution in [3.63, 3.8) is 0 Å². The number of carboxylic acids is 1. The number of hydrogen-bond donors (Lipinski definition) is 2. The predicted molar refractivity (Wildman–Crippen MR) is 147 cm³/mol. The fourth-order valence-electron chi connectivity index (χ4n) is 5.93. The Bertz CT molecular complexity index is 1490. The number of pyridine rings is 1. The first-order valence-electron chi connectivity index (χ1n) is 13.7. The van der Waals surface area contributed by atoms with E-state index in [9.17, 15) is 14.7 Å².